The Kier molecular flexibility index (Phi) is 8.25. The van der Waals surface area contributed by atoms with Gasteiger partial charge in [0.25, 0.3) is 0 Å². The molecule has 1 aromatic carbocycles. The molecule has 0 unspecified atom stereocenters. The van der Waals surface area contributed by atoms with Gasteiger partial charge >= 0.3 is 0 Å². The van der Waals surface area contributed by atoms with Crippen molar-refractivity contribution < 1.29 is 9.47 Å². The molecule has 1 heterocycles. The van der Waals surface area contributed by atoms with Crippen molar-refractivity contribution in [1.29, 1.82) is 0 Å². The summed E-state index contributed by atoms with van der Waals surface area (Å²) in [6, 6.07) is 7.54. The number of methoxy groups -OCH3 is 1. The summed E-state index contributed by atoms with van der Waals surface area (Å²) < 4.78 is 12.9. The number of nitrogens with one attached hydrogen (secondary N) is 2. The van der Waals surface area contributed by atoms with Crippen LogP contribution in [0.3, 0.4) is 0 Å². The SMILES string of the molecule is CCNC(=NCCn1cnnc1CC)NCCOc1ccc(OC)cc1. The van der Waals surface area contributed by atoms with E-state index < -0.39 is 0 Å². The van der Waals surface area contributed by atoms with Gasteiger partial charge in [-0.3, -0.25) is 4.99 Å². The van der Waals surface area contributed by atoms with Crippen LogP contribution in [0.2, 0.25) is 0 Å². The predicted molar refractivity (Wildman–Crippen MR) is 102 cm³/mol. The largest absolute Gasteiger partial charge is 0.497 e. The highest BCUT2D eigenvalue weighted by Crippen LogP contribution is 2.16. The van der Waals surface area contributed by atoms with Crippen LogP contribution in [0.1, 0.15) is 19.7 Å². The molecule has 0 spiro atoms. The molecule has 26 heavy (non-hydrogen) atoms. The molecule has 8 heteroatoms. The van der Waals surface area contributed by atoms with Crippen molar-refractivity contribution in [3.05, 3.63) is 36.4 Å². The number of rotatable bonds is 10. The van der Waals surface area contributed by atoms with Gasteiger partial charge in [-0.2, -0.15) is 0 Å². The molecule has 2 N–H and O–H groups in total. The molecule has 142 valence electrons. The van der Waals surface area contributed by atoms with Crippen LogP contribution < -0.4 is 20.1 Å². The van der Waals surface area contributed by atoms with Crippen LogP contribution in [0.25, 0.3) is 0 Å². The maximum Gasteiger partial charge on any atom is 0.191 e. The summed E-state index contributed by atoms with van der Waals surface area (Å²) in [5.74, 6) is 3.38. The van der Waals surface area contributed by atoms with Gasteiger partial charge in [-0.1, -0.05) is 6.92 Å². The first-order valence-electron chi connectivity index (χ1n) is 8.92. The van der Waals surface area contributed by atoms with Gasteiger partial charge < -0.3 is 24.7 Å². The van der Waals surface area contributed by atoms with Crippen molar-refractivity contribution in [3.63, 3.8) is 0 Å². The molecule has 0 bridgehead atoms. The van der Waals surface area contributed by atoms with Crippen LogP contribution in [-0.2, 0) is 13.0 Å². The third kappa shape index (κ3) is 6.27. The van der Waals surface area contributed by atoms with Crippen LogP contribution in [0.15, 0.2) is 35.6 Å². The molecule has 0 aliphatic rings. The molecule has 0 amide bonds. The second kappa shape index (κ2) is 11.0. The highest BCUT2D eigenvalue weighted by molar-refractivity contribution is 5.79. The van der Waals surface area contributed by atoms with E-state index in [0.29, 0.717) is 19.7 Å². The lowest BCUT2D eigenvalue weighted by Crippen LogP contribution is -2.39. The van der Waals surface area contributed by atoms with Gasteiger partial charge in [-0.05, 0) is 31.2 Å². The highest BCUT2D eigenvalue weighted by Gasteiger charge is 2.02. The monoisotopic (exact) mass is 360 g/mol. The van der Waals surface area contributed by atoms with Gasteiger partial charge in [0, 0.05) is 19.5 Å². The normalized spacial score (nSPS) is 11.3. The van der Waals surface area contributed by atoms with E-state index in [0.717, 1.165) is 42.8 Å². The molecular formula is C18H28N6O2. The minimum Gasteiger partial charge on any atom is -0.497 e. The summed E-state index contributed by atoms with van der Waals surface area (Å²) in [7, 11) is 1.65. The van der Waals surface area contributed by atoms with Crippen LogP contribution in [0.4, 0.5) is 0 Å². The van der Waals surface area contributed by atoms with E-state index in [1.807, 2.05) is 35.8 Å². The number of aliphatic imine (C=N–C) groups is 1. The van der Waals surface area contributed by atoms with Gasteiger partial charge in [0.05, 0.1) is 20.2 Å². The van der Waals surface area contributed by atoms with Crippen LogP contribution in [-0.4, -0.2) is 54.1 Å². The van der Waals surface area contributed by atoms with Gasteiger partial charge in [0.1, 0.15) is 30.3 Å². The topological polar surface area (TPSA) is 85.6 Å². The number of nitrogens with zero attached hydrogens (tertiary/aromatic N) is 4. The maximum absolute atomic E-state index is 5.71. The highest BCUT2D eigenvalue weighted by atomic mass is 16.5. The summed E-state index contributed by atoms with van der Waals surface area (Å²) in [6.45, 7) is 7.53. The number of aryl methyl sites for hydroxylation is 1. The molecular weight excluding hydrogens is 332 g/mol. The van der Waals surface area contributed by atoms with E-state index >= 15 is 0 Å². The number of hydrogen-bond donors (Lipinski definition) is 2. The summed E-state index contributed by atoms with van der Waals surface area (Å²) >= 11 is 0. The lowest BCUT2D eigenvalue weighted by Gasteiger charge is -2.12. The molecule has 8 nitrogen and oxygen atoms in total. The van der Waals surface area contributed by atoms with E-state index in [1.165, 1.54) is 0 Å². The summed E-state index contributed by atoms with van der Waals surface area (Å²) in [5.41, 5.74) is 0. The number of ether oxygens (including phenoxy) is 2. The Labute approximate surface area is 154 Å². The Hall–Kier alpha value is -2.77. The molecule has 2 rings (SSSR count). The Morgan fingerprint density at radius 3 is 2.62 bits per heavy atom. The number of hydrogen-bond acceptors (Lipinski definition) is 5. The van der Waals surface area contributed by atoms with Gasteiger partial charge in [0.2, 0.25) is 0 Å². The number of guanidine groups is 1. The van der Waals surface area contributed by atoms with E-state index in [-0.39, 0.29) is 0 Å². The minimum atomic E-state index is 0.544. The average molecular weight is 360 g/mol. The Morgan fingerprint density at radius 1 is 1.15 bits per heavy atom. The molecule has 0 aliphatic heterocycles. The van der Waals surface area contributed by atoms with Crippen molar-refractivity contribution in [3.8, 4) is 11.5 Å². The molecule has 0 radical (unpaired) electrons. The zero-order chi connectivity index (χ0) is 18.6. The van der Waals surface area contributed by atoms with Gasteiger partial charge in [-0.15, -0.1) is 10.2 Å². The standard InChI is InChI=1S/C18H28N6O2/c1-4-17-23-22-14-24(17)12-10-20-18(19-5-2)21-11-13-26-16-8-6-15(25-3)7-9-16/h6-9,14H,4-5,10-13H2,1-3H3,(H2,19,20,21). The van der Waals surface area contributed by atoms with Crippen molar-refractivity contribution in [2.24, 2.45) is 4.99 Å². The van der Waals surface area contributed by atoms with Crippen molar-refractivity contribution in [2.75, 3.05) is 33.4 Å². The molecule has 0 atom stereocenters. The molecule has 0 aliphatic carbocycles. The molecule has 0 saturated carbocycles. The fourth-order valence-corrected chi connectivity index (χ4v) is 2.36. The first-order valence-corrected chi connectivity index (χ1v) is 8.92. The Balaban J connectivity index is 1.74. The van der Waals surface area contributed by atoms with Crippen LogP contribution >= 0.6 is 0 Å². The summed E-state index contributed by atoms with van der Waals surface area (Å²) in [4.78, 5) is 4.58. The second-order valence-electron chi connectivity index (χ2n) is 5.51. The van der Waals surface area contributed by atoms with Crippen LogP contribution in [0.5, 0.6) is 11.5 Å². The zero-order valence-corrected chi connectivity index (χ0v) is 15.7. The van der Waals surface area contributed by atoms with Crippen molar-refractivity contribution in [1.82, 2.24) is 25.4 Å². The first-order chi connectivity index (χ1) is 12.8. The Bertz CT molecular complexity index is 669. The van der Waals surface area contributed by atoms with Gasteiger partial charge in [-0.25, -0.2) is 0 Å². The quantitative estimate of drug-likeness (QED) is 0.379. The van der Waals surface area contributed by atoms with Gasteiger partial charge in [0.15, 0.2) is 5.96 Å². The fourth-order valence-electron chi connectivity index (χ4n) is 2.36. The molecule has 2 aromatic rings. The van der Waals surface area contributed by atoms with E-state index in [2.05, 4.69) is 32.7 Å². The predicted octanol–water partition coefficient (Wildman–Crippen LogP) is 1.48. The second-order valence-corrected chi connectivity index (χ2v) is 5.51. The molecule has 1 aromatic heterocycles. The minimum absolute atomic E-state index is 0.544. The average Bonchev–Trinajstić information content (AvgIpc) is 3.13. The molecule has 0 saturated heterocycles. The van der Waals surface area contributed by atoms with Crippen LogP contribution in [0, 0.1) is 0 Å². The number of aromatic nitrogens is 3. The lowest BCUT2D eigenvalue weighted by atomic mass is 10.3. The number of benzene rings is 1. The molecule has 0 fully saturated rings. The first kappa shape index (κ1) is 19.6. The third-order valence-electron chi connectivity index (χ3n) is 3.69. The van der Waals surface area contributed by atoms with Crippen molar-refractivity contribution >= 4 is 5.96 Å². The fraction of sp³-hybridized carbons (Fsp3) is 0.500. The summed E-state index contributed by atoms with van der Waals surface area (Å²) in [5, 5.41) is 14.5. The summed E-state index contributed by atoms with van der Waals surface area (Å²) in [6.07, 6.45) is 2.61. The van der Waals surface area contributed by atoms with Crippen molar-refractivity contribution in [2.45, 2.75) is 26.8 Å². The Morgan fingerprint density at radius 2 is 1.92 bits per heavy atom. The zero-order valence-electron chi connectivity index (χ0n) is 15.7. The van der Waals surface area contributed by atoms with E-state index in [4.69, 9.17) is 9.47 Å². The smallest absolute Gasteiger partial charge is 0.191 e. The lowest BCUT2D eigenvalue weighted by molar-refractivity contribution is 0.321. The third-order valence-corrected chi connectivity index (χ3v) is 3.69. The van der Waals surface area contributed by atoms with E-state index in [1.54, 1.807) is 13.4 Å². The maximum atomic E-state index is 5.71. The van der Waals surface area contributed by atoms with E-state index in [9.17, 15) is 0 Å².